The summed E-state index contributed by atoms with van der Waals surface area (Å²) in [7, 11) is 0. The number of hydrogen-bond acceptors (Lipinski definition) is 3. The highest BCUT2D eigenvalue weighted by Crippen LogP contribution is 2.27. The molecule has 1 fully saturated rings. The first kappa shape index (κ1) is 8.51. The van der Waals surface area contributed by atoms with Crippen LogP contribution in [0.4, 0.5) is 0 Å². The van der Waals surface area contributed by atoms with E-state index in [1.807, 2.05) is 0 Å². The fourth-order valence-electron chi connectivity index (χ4n) is 1.66. The molecule has 0 aliphatic heterocycles. The van der Waals surface area contributed by atoms with Crippen LogP contribution in [-0.4, -0.2) is 6.54 Å². The van der Waals surface area contributed by atoms with Crippen LogP contribution >= 0.6 is 0 Å². The molecule has 3 nitrogen and oxygen atoms in total. The van der Waals surface area contributed by atoms with Crippen LogP contribution in [0.5, 0.6) is 0 Å². The van der Waals surface area contributed by atoms with E-state index < -0.39 is 0 Å². The molecule has 3 N–H and O–H groups in total. The summed E-state index contributed by atoms with van der Waals surface area (Å²) in [6, 6.07) is 2.31. The molecule has 1 saturated carbocycles. The van der Waals surface area contributed by atoms with Gasteiger partial charge in [0.2, 0.25) is 0 Å². The van der Waals surface area contributed by atoms with Crippen molar-refractivity contribution >= 4 is 0 Å². The smallest absolute Gasteiger partial charge is 0.0655 e. The van der Waals surface area contributed by atoms with E-state index in [0.717, 1.165) is 32.2 Å². The van der Waals surface area contributed by atoms with Crippen molar-refractivity contribution in [3.63, 3.8) is 0 Å². The highest BCUT2D eigenvalue weighted by atomic mass is 15.2. The van der Waals surface area contributed by atoms with Crippen LogP contribution in [0.1, 0.15) is 25.7 Å². The van der Waals surface area contributed by atoms with Gasteiger partial charge >= 0.3 is 0 Å². The van der Waals surface area contributed by atoms with E-state index in [2.05, 4.69) is 11.5 Å². The second-order valence-corrected chi connectivity index (χ2v) is 3.25. The molecule has 1 aliphatic rings. The molecular formula is C8H15N3. The van der Waals surface area contributed by atoms with Crippen LogP contribution in [-0.2, 0) is 0 Å². The van der Waals surface area contributed by atoms with Gasteiger partial charge in [-0.15, -0.1) is 0 Å². The van der Waals surface area contributed by atoms with Crippen molar-refractivity contribution in [1.29, 1.82) is 5.26 Å². The molecule has 11 heavy (non-hydrogen) atoms. The molecule has 0 amide bonds. The van der Waals surface area contributed by atoms with Gasteiger partial charge in [-0.25, -0.2) is 0 Å². The molecule has 1 aliphatic carbocycles. The summed E-state index contributed by atoms with van der Waals surface area (Å²) in [6.07, 6.45) is 4.43. The Bertz CT molecular complexity index is 142. The molecule has 1 rings (SSSR count). The van der Waals surface area contributed by atoms with Gasteiger partial charge in [0.25, 0.3) is 0 Å². The van der Waals surface area contributed by atoms with E-state index in [1.165, 1.54) is 0 Å². The van der Waals surface area contributed by atoms with Gasteiger partial charge < -0.3 is 0 Å². The number of nitrogens with two attached hydrogens (primary N) is 1. The summed E-state index contributed by atoms with van der Waals surface area (Å²) in [5.41, 5.74) is 2.69. The maximum Gasteiger partial charge on any atom is 0.0655 e. The van der Waals surface area contributed by atoms with Crippen molar-refractivity contribution < 1.29 is 0 Å². The van der Waals surface area contributed by atoms with Crippen LogP contribution in [0.25, 0.3) is 0 Å². The first-order valence-corrected chi connectivity index (χ1v) is 4.20. The number of rotatable bonds is 2. The lowest BCUT2D eigenvalue weighted by molar-refractivity contribution is 0.305. The van der Waals surface area contributed by atoms with Gasteiger partial charge in [-0.3, -0.25) is 11.3 Å². The zero-order valence-electron chi connectivity index (χ0n) is 6.71. The minimum absolute atomic E-state index is 0.309. The van der Waals surface area contributed by atoms with Crippen LogP contribution < -0.4 is 11.3 Å². The highest BCUT2D eigenvalue weighted by Gasteiger charge is 2.19. The summed E-state index contributed by atoms with van der Waals surface area (Å²) >= 11 is 0. The standard InChI is InChI=1S/C8H15N3/c9-5-7-1-3-8(4-2-7)6-11-10/h7-8,11H,1-4,6,10H2. The maximum absolute atomic E-state index is 8.62. The van der Waals surface area contributed by atoms with Crippen molar-refractivity contribution in [3.05, 3.63) is 0 Å². The van der Waals surface area contributed by atoms with E-state index in [1.54, 1.807) is 0 Å². The SMILES string of the molecule is N#CC1CCC(CNN)CC1. The molecule has 0 aromatic heterocycles. The maximum atomic E-state index is 8.62. The first-order valence-electron chi connectivity index (χ1n) is 4.20. The largest absolute Gasteiger partial charge is 0.271 e. The van der Waals surface area contributed by atoms with Crippen molar-refractivity contribution in [3.8, 4) is 6.07 Å². The molecule has 0 aromatic rings. The average molecular weight is 153 g/mol. The zero-order chi connectivity index (χ0) is 8.10. The van der Waals surface area contributed by atoms with E-state index in [-0.39, 0.29) is 0 Å². The molecule has 62 valence electrons. The monoisotopic (exact) mass is 153 g/mol. The predicted molar refractivity (Wildman–Crippen MR) is 43.3 cm³/mol. The number of hydrogen-bond donors (Lipinski definition) is 2. The lowest BCUT2D eigenvalue weighted by atomic mass is 9.83. The fraction of sp³-hybridized carbons (Fsp3) is 0.875. The molecule has 0 atom stereocenters. The van der Waals surface area contributed by atoms with E-state index >= 15 is 0 Å². The highest BCUT2D eigenvalue weighted by molar-refractivity contribution is 4.87. The van der Waals surface area contributed by atoms with Gasteiger partial charge in [-0.05, 0) is 31.6 Å². The van der Waals surface area contributed by atoms with Crippen molar-refractivity contribution in [2.75, 3.05) is 6.54 Å². The van der Waals surface area contributed by atoms with Crippen LogP contribution in [0.2, 0.25) is 0 Å². The Morgan fingerprint density at radius 3 is 2.45 bits per heavy atom. The zero-order valence-corrected chi connectivity index (χ0v) is 6.71. The molecule has 0 bridgehead atoms. The number of hydrazine groups is 1. The molecule has 0 radical (unpaired) electrons. The summed E-state index contributed by atoms with van der Waals surface area (Å²) in [5, 5.41) is 8.62. The van der Waals surface area contributed by atoms with Gasteiger partial charge in [0.1, 0.15) is 0 Å². The minimum Gasteiger partial charge on any atom is -0.271 e. The topological polar surface area (TPSA) is 61.8 Å². The van der Waals surface area contributed by atoms with E-state index in [0.29, 0.717) is 11.8 Å². The number of nitrogens with zero attached hydrogens (tertiary/aromatic N) is 1. The Morgan fingerprint density at radius 2 is 2.00 bits per heavy atom. The van der Waals surface area contributed by atoms with Gasteiger partial charge in [0, 0.05) is 12.5 Å². The van der Waals surface area contributed by atoms with Gasteiger partial charge in [-0.2, -0.15) is 5.26 Å². The van der Waals surface area contributed by atoms with Crippen molar-refractivity contribution in [2.24, 2.45) is 17.7 Å². The van der Waals surface area contributed by atoms with Gasteiger partial charge in [-0.1, -0.05) is 0 Å². The Labute approximate surface area is 67.5 Å². The second kappa shape index (κ2) is 4.32. The molecule has 0 saturated heterocycles. The molecule has 0 unspecified atom stereocenters. The summed E-state index contributed by atoms with van der Waals surface area (Å²) in [6.45, 7) is 0.901. The van der Waals surface area contributed by atoms with Gasteiger partial charge in [0.15, 0.2) is 0 Å². The second-order valence-electron chi connectivity index (χ2n) is 3.25. The third kappa shape index (κ3) is 2.49. The third-order valence-electron chi connectivity index (χ3n) is 2.44. The van der Waals surface area contributed by atoms with Crippen LogP contribution in [0.15, 0.2) is 0 Å². The molecular weight excluding hydrogens is 138 g/mol. The predicted octanol–water partition coefficient (Wildman–Crippen LogP) is 0.780. The number of nitriles is 1. The molecule has 0 heterocycles. The van der Waals surface area contributed by atoms with Crippen LogP contribution in [0.3, 0.4) is 0 Å². The third-order valence-corrected chi connectivity index (χ3v) is 2.44. The normalized spacial score (nSPS) is 31.3. The van der Waals surface area contributed by atoms with E-state index in [4.69, 9.17) is 11.1 Å². The fourth-order valence-corrected chi connectivity index (χ4v) is 1.66. The van der Waals surface area contributed by atoms with Crippen molar-refractivity contribution in [2.45, 2.75) is 25.7 Å². The Morgan fingerprint density at radius 1 is 1.36 bits per heavy atom. The van der Waals surface area contributed by atoms with E-state index in [9.17, 15) is 0 Å². The first-order chi connectivity index (χ1) is 5.36. The van der Waals surface area contributed by atoms with Crippen molar-refractivity contribution in [1.82, 2.24) is 5.43 Å². The Balaban J connectivity index is 2.20. The lowest BCUT2D eigenvalue weighted by Gasteiger charge is -2.23. The lowest BCUT2D eigenvalue weighted by Crippen LogP contribution is -2.30. The van der Waals surface area contributed by atoms with Gasteiger partial charge in [0.05, 0.1) is 6.07 Å². The summed E-state index contributed by atoms with van der Waals surface area (Å²) < 4.78 is 0. The Hall–Kier alpha value is -0.590. The number of nitrogens with one attached hydrogen (secondary N) is 1. The summed E-state index contributed by atoms with van der Waals surface area (Å²) in [5.74, 6) is 6.22. The molecule has 3 heteroatoms. The average Bonchev–Trinajstić information content (AvgIpc) is 2.07. The van der Waals surface area contributed by atoms with Crippen LogP contribution in [0, 0.1) is 23.2 Å². The molecule has 0 spiro atoms. The molecule has 0 aromatic carbocycles. The minimum atomic E-state index is 0.309. The quantitative estimate of drug-likeness (QED) is 0.455. The summed E-state index contributed by atoms with van der Waals surface area (Å²) in [4.78, 5) is 0. The Kier molecular flexibility index (Phi) is 3.34.